The maximum absolute atomic E-state index is 12.3. The summed E-state index contributed by atoms with van der Waals surface area (Å²) in [4.78, 5) is 18.1. The maximum atomic E-state index is 12.3. The van der Waals surface area contributed by atoms with Crippen molar-refractivity contribution in [2.75, 3.05) is 23.5 Å². The lowest BCUT2D eigenvalue weighted by molar-refractivity contribution is 0.0793. The summed E-state index contributed by atoms with van der Waals surface area (Å²) in [5.41, 5.74) is 15.3. The first-order valence-corrected chi connectivity index (χ1v) is 8.20. The summed E-state index contributed by atoms with van der Waals surface area (Å²) in [6, 6.07) is 13.1. The fraction of sp³-hybridized carbons (Fsp3) is 0.235. The zero-order valence-electron chi connectivity index (χ0n) is 14.1. The first-order valence-electron chi connectivity index (χ1n) is 8.20. The monoisotopic (exact) mass is 352 g/mol. The Morgan fingerprint density at radius 1 is 1.23 bits per heavy atom. The normalized spacial score (nSPS) is 13.2. The van der Waals surface area contributed by atoms with Gasteiger partial charge in [0.15, 0.2) is 5.82 Å². The average molecular weight is 352 g/mol. The predicted molar refractivity (Wildman–Crippen MR) is 97.8 cm³/mol. The van der Waals surface area contributed by atoms with Crippen molar-refractivity contribution in [3.05, 3.63) is 54.2 Å². The van der Waals surface area contributed by atoms with Gasteiger partial charge in [-0.15, -0.1) is 5.53 Å². The van der Waals surface area contributed by atoms with Crippen molar-refractivity contribution in [1.29, 1.82) is 5.41 Å². The standard InChI is InChI=1S/C17H20N8O/c18-17(19)25(15-5-1-2-10-20-15)23-22-21-14-8-6-13(7-9-14)16(26)24-11-3-4-12-24/h1,5-9,21-23H,3-4,11-12H2,(H3,18,19). The topological polar surface area (TPSA) is 122 Å². The number of nitrogens with zero attached hydrogens (tertiary/aromatic N) is 3. The van der Waals surface area contributed by atoms with Crippen molar-refractivity contribution < 1.29 is 4.79 Å². The van der Waals surface area contributed by atoms with Gasteiger partial charge in [0.05, 0.1) is 5.69 Å². The summed E-state index contributed by atoms with van der Waals surface area (Å²) in [5.74, 6) is 0.196. The van der Waals surface area contributed by atoms with Gasteiger partial charge in [-0.3, -0.25) is 10.2 Å². The van der Waals surface area contributed by atoms with Crippen LogP contribution in [0.4, 0.5) is 11.5 Å². The van der Waals surface area contributed by atoms with E-state index < -0.39 is 0 Å². The molecule has 26 heavy (non-hydrogen) atoms. The minimum absolute atomic E-state index is 0.0612. The number of benzene rings is 1. The molecule has 0 saturated carbocycles. The average Bonchev–Trinajstić information content (AvgIpc) is 3.20. The molecule has 134 valence electrons. The maximum Gasteiger partial charge on any atom is 0.253 e. The number of amides is 1. The molecule has 1 aliphatic rings. The van der Waals surface area contributed by atoms with E-state index in [1.807, 2.05) is 4.90 Å². The Hall–Kier alpha value is -3.35. The molecule has 0 unspecified atom stereocenters. The third-order valence-corrected chi connectivity index (χ3v) is 3.92. The Morgan fingerprint density at radius 2 is 1.96 bits per heavy atom. The SMILES string of the molecule is N=C(N)N(NNNc1ccc(C(=O)N2CCCC2)cc1)c1ccc#cn1. The van der Waals surface area contributed by atoms with Gasteiger partial charge in [0.1, 0.15) is 0 Å². The fourth-order valence-electron chi connectivity index (χ4n) is 2.60. The highest BCUT2D eigenvalue weighted by Gasteiger charge is 2.19. The molecule has 0 aliphatic carbocycles. The Bertz CT molecular complexity index is 743. The number of guanidine groups is 1. The van der Waals surface area contributed by atoms with Crippen molar-refractivity contribution in [1.82, 2.24) is 21.0 Å². The third-order valence-electron chi connectivity index (χ3n) is 3.92. The van der Waals surface area contributed by atoms with Crippen LogP contribution in [0.3, 0.4) is 0 Å². The van der Waals surface area contributed by atoms with Gasteiger partial charge in [0.2, 0.25) is 5.96 Å². The molecule has 1 saturated heterocycles. The number of hydrogen-bond acceptors (Lipinski definition) is 6. The van der Waals surface area contributed by atoms with Crippen molar-refractivity contribution in [3.8, 4) is 0 Å². The highest BCUT2D eigenvalue weighted by atomic mass is 16.2. The fourth-order valence-corrected chi connectivity index (χ4v) is 2.60. The van der Waals surface area contributed by atoms with Crippen molar-refractivity contribution in [3.63, 3.8) is 0 Å². The lowest BCUT2D eigenvalue weighted by Crippen LogP contribution is -2.55. The number of hydrogen-bond donors (Lipinski definition) is 5. The van der Waals surface area contributed by atoms with E-state index in [2.05, 4.69) is 33.7 Å². The Labute approximate surface area is 151 Å². The van der Waals surface area contributed by atoms with Crippen molar-refractivity contribution in [2.45, 2.75) is 12.8 Å². The molecular formula is C17H20N8O. The molecule has 1 amide bonds. The summed E-state index contributed by atoms with van der Waals surface area (Å²) >= 11 is 0. The molecule has 2 aromatic rings. The second kappa shape index (κ2) is 8.15. The molecule has 6 N–H and O–H groups in total. The molecule has 3 rings (SSSR count). The van der Waals surface area contributed by atoms with Crippen LogP contribution in [0.1, 0.15) is 23.2 Å². The molecule has 2 heterocycles. The minimum Gasteiger partial charge on any atom is -0.369 e. The summed E-state index contributed by atoms with van der Waals surface area (Å²) in [6.45, 7) is 1.65. The molecule has 0 radical (unpaired) electrons. The molecule has 9 nitrogen and oxygen atoms in total. The van der Waals surface area contributed by atoms with Crippen LogP contribution in [0.2, 0.25) is 0 Å². The number of aromatic nitrogens is 1. The Kier molecular flexibility index (Phi) is 5.48. The highest BCUT2D eigenvalue weighted by Crippen LogP contribution is 2.15. The van der Waals surface area contributed by atoms with Gasteiger partial charge >= 0.3 is 0 Å². The molecule has 0 spiro atoms. The first kappa shape index (κ1) is 17.5. The van der Waals surface area contributed by atoms with Crippen LogP contribution in [0.15, 0.2) is 36.4 Å². The molecule has 0 atom stereocenters. The molecule has 9 heteroatoms. The van der Waals surface area contributed by atoms with Crippen LogP contribution in [-0.4, -0.2) is 34.8 Å². The Morgan fingerprint density at radius 3 is 2.58 bits per heavy atom. The van der Waals surface area contributed by atoms with E-state index in [4.69, 9.17) is 11.1 Å². The summed E-state index contributed by atoms with van der Waals surface area (Å²) in [5, 5.41) is 8.82. The smallest absolute Gasteiger partial charge is 0.253 e. The summed E-state index contributed by atoms with van der Waals surface area (Å²) in [7, 11) is 0. The number of likely N-dealkylation sites (tertiary alicyclic amines) is 1. The van der Waals surface area contributed by atoms with E-state index >= 15 is 0 Å². The van der Waals surface area contributed by atoms with Gasteiger partial charge in [-0.25, -0.2) is 5.01 Å². The van der Waals surface area contributed by atoms with E-state index in [1.165, 1.54) is 5.01 Å². The molecule has 1 aromatic carbocycles. The number of nitrogens with two attached hydrogens (primary N) is 1. The predicted octanol–water partition coefficient (Wildman–Crippen LogP) is 0.654. The van der Waals surface area contributed by atoms with E-state index in [0.717, 1.165) is 31.6 Å². The van der Waals surface area contributed by atoms with E-state index in [-0.39, 0.29) is 11.9 Å². The lowest BCUT2D eigenvalue weighted by Gasteiger charge is -2.22. The molecular weight excluding hydrogens is 332 g/mol. The largest absolute Gasteiger partial charge is 0.369 e. The van der Waals surface area contributed by atoms with Crippen LogP contribution < -0.4 is 27.2 Å². The minimum atomic E-state index is -0.252. The quantitative estimate of drug-likeness (QED) is 0.294. The summed E-state index contributed by atoms with van der Waals surface area (Å²) in [6.07, 6.45) is 4.69. The van der Waals surface area contributed by atoms with Gasteiger partial charge in [0, 0.05) is 24.8 Å². The number of carbonyl (C=O) groups is 1. The third kappa shape index (κ3) is 4.18. The first-order chi connectivity index (χ1) is 12.6. The van der Waals surface area contributed by atoms with E-state index in [0.29, 0.717) is 11.4 Å². The second-order valence-electron chi connectivity index (χ2n) is 5.72. The van der Waals surface area contributed by atoms with Crippen LogP contribution in [-0.2, 0) is 0 Å². The lowest BCUT2D eigenvalue weighted by atomic mass is 10.2. The van der Waals surface area contributed by atoms with Gasteiger partial charge in [0.25, 0.3) is 5.91 Å². The van der Waals surface area contributed by atoms with E-state index in [9.17, 15) is 4.79 Å². The Balaban J connectivity index is 1.54. The molecule has 1 fully saturated rings. The second-order valence-corrected chi connectivity index (χ2v) is 5.72. The zero-order valence-corrected chi connectivity index (χ0v) is 14.1. The van der Waals surface area contributed by atoms with Gasteiger partial charge in [-0.1, -0.05) is 0 Å². The number of hydrazine groups is 3. The molecule has 1 aliphatic heterocycles. The number of nitrogens with one attached hydrogen (secondary N) is 4. The van der Waals surface area contributed by atoms with Gasteiger partial charge in [-0.05, 0) is 55.3 Å². The molecule has 0 bridgehead atoms. The van der Waals surface area contributed by atoms with Gasteiger partial charge in [-0.2, -0.15) is 10.5 Å². The highest BCUT2D eigenvalue weighted by molar-refractivity contribution is 5.94. The van der Waals surface area contributed by atoms with Crippen LogP contribution in [0, 0.1) is 17.7 Å². The van der Waals surface area contributed by atoms with Crippen LogP contribution >= 0.6 is 0 Å². The van der Waals surface area contributed by atoms with E-state index in [1.54, 1.807) is 36.4 Å². The zero-order chi connectivity index (χ0) is 18.4. The molecule has 1 aromatic heterocycles. The van der Waals surface area contributed by atoms with Crippen molar-refractivity contribution in [2.24, 2.45) is 5.73 Å². The number of rotatable bonds is 6. The number of carbonyl (C=O) groups excluding carboxylic acids is 1. The van der Waals surface area contributed by atoms with Crippen LogP contribution in [0.5, 0.6) is 0 Å². The van der Waals surface area contributed by atoms with Crippen molar-refractivity contribution >= 4 is 23.4 Å². The van der Waals surface area contributed by atoms with Gasteiger partial charge < -0.3 is 16.1 Å². The van der Waals surface area contributed by atoms with Crippen LogP contribution in [0.25, 0.3) is 0 Å². The number of anilines is 2. The summed E-state index contributed by atoms with van der Waals surface area (Å²) < 4.78 is 0.